The van der Waals surface area contributed by atoms with Crippen LogP contribution in [0.2, 0.25) is 0 Å². The third-order valence-corrected chi connectivity index (χ3v) is 6.77. The van der Waals surface area contributed by atoms with E-state index in [1.807, 2.05) is 42.5 Å². The fraction of sp³-hybridized carbons (Fsp3) is 0.130. The van der Waals surface area contributed by atoms with Crippen LogP contribution in [0.1, 0.15) is 22.9 Å². The molecule has 0 radical (unpaired) electrons. The number of hydrogen-bond donors (Lipinski definition) is 1. The maximum absolute atomic E-state index is 13.7. The maximum Gasteiger partial charge on any atom is 0.266 e. The zero-order valence-corrected chi connectivity index (χ0v) is 17.3. The molecule has 3 aromatic carbocycles. The molecular weight excluding hydrogens is 402 g/mol. The molecule has 3 aromatic rings. The highest BCUT2D eigenvalue weighted by molar-refractivity contribution is 7.89. The predicted molar refractivity (Wildman–Crippen MR) is 114 cm³/mol. The quantitative estimate of drug-likeness (QED) is 0.674. The topological polar surface area (TPSA) is 76.1 Å². The van der Waals surface area contributed by atoms with E-state index in [0.29, 0.717) is 22.6 Å². The molecule has 0 amide bonds. The van der Waals surface area contributed by atoms with Gasteiger partial charge in [0.05, 0.1) is 24.8 Å². The van der Waals surface area contributed by atoms with Crippen LogP contribution in [0.5, 0.6) is 11.5 Å². The second kappa shape index (κ2) is 7.85. The van der Waals surface area contributed by atoms with E-state index >= 15 is 0 Å². The summed E-state index contributed by atoms with van der Waals surface area (Å²) in [6.07, 6.45) is 0.398. The van der Waals surface area contributed by atoms with E-state index in [2.05, 4.69) is 0 Å². The standard InChI is InChI=1S/C23H21NO5S/c1-28-21-13-12-18(15-22(21)29-2)30(26,27)24-20(16-8-4-3-5-9-16)14-17-10-6-7-11-19(17)23(24)25/h3-15,23,25H,1-2H3. The second-order valence-corrected chi connectivity index (χ2v) is 8.53. The third kappa shape index (κ3) is 3.32. The molecule has 1 aliphatic rings. The highest BCUT2D eigenvalue weighted by Gasteiger charge is 2.37. The number of hydrogen-bond acceptors (Lipinski definition) is 5. The Hall–Kier alpha value is -3.29. The zero-order chi connectivity index (χ0) is 21.3. The van der Waals surface area contributed by atoms with E-state index in [9.17, 15) is 13.5 Å². The molecule has 0 aromatic heterocycles. The van der Waals surface area contributed by atoms with Gasteiger partial charge in [0.25, 0.3) is 10.0 Å². The molecular formula is C23H21NO5S. The van der Waals surface area contributed by atoms with Crippen molar-refractivity contribution in [3.63, 3.8) is 0 Å². The number of sulfonamides is 1. The van der Waals surface area contributed by atoms with Gasteiger partial charge in [-0.15, -0.1) is 0 Å². The summed E-state index contributed by atoms with van der Waals surface area (Å²) in [7, 11) is -1.21. The van der Waals surface area contributed by atoms with Crippen molar-refractivity contribution in [3.05, 3.63) is 89.5 Å². The Balaban J connectivity index is 1.91. The Bertz CT molecular complexity index is 1210. The molecule has 1 unspecified atom stereocenters. The summed E-state index contributed by atoms with van der Waals surface area (Å²) in [5, 5.41) is 11.1. The van der Waals surface area contributed by atoms with Crippen LogP contribution in [0.15, 0.2) is 77.7 Å². The van der Waals surface area contributed by atoms with Crippen molar-refractivity contribution in [3.8, 4) is 11.5 Å². The first-order valence-corrected chi connectivity index (χ1v) is 10.7. The minimum Gasteiger partial charge on any atom is -0.493 e. The lowest BCUT2D eigenvalue weighted by molar-refractivity contribution is 0.0950. The van der Waals surface area contributed by atoms with Crippen molar-refractivity contribution >= 4 is 21.8 Å². The molecule has 0 fully saturated rings. The molecule has 0 saturated heterocycles. The van der Waals surface area contributed by atoms with Gasteiger partial charge in [-0.1, -0.05) is 54.6 Å². The Morgan fingerprint density at radius 2 is 1.53 bits per heavy atom. The monoisotopic (exact) mass is 423 g/mol. The van der Waals surface area contributed by atoms with Gasteiger partial charge >= 0.3 is 0 Å². The van der Waals surface area contributed by atoms with Crippen molar-refractivity contribution in [2.45, 2.75) is 11.1 Å². The average molecular weight is 423 g/mol. The summed E-state index contributed by atoms with van der Waals surface area (Å²) in [6, 6.07) is 20.7. The van der Waals surface area contributed by atoms with Crippen molar-refractivity contribution in [1.82, 2.24) is 4.31 Å². The number of fused-ring (bicyclic) bond motifs is 1. The van der Waals surface area contributed by atoms with Gasteiger partial charge in [-0.2, -0.15) is 0 Å². The van der Waals surface area contributed by atoms with Gasteiger partial charge in [0.2, 0.25) is 0 Å². The van der Waals surface area contributed by atoms with Crippen LogP contribution in [-0.4, -0.2) is 32.0 Å². The first-order chi connectivity index (χ1) is 14.5. The molecule has 1 heterocycles. The first-order valence-electron chi connectivity index (χ1n) is 9.28. The van der Waals surface area contributed by atoms with Gasteiger partial charge in [0.1, 0.15) is 0 Å². The Labute approximate surface area is 175 Å². The van der Waals surface area contributed by atoms with Crippen molar-refractivity contribution in [1.29, 1.82) is 0 Å². The summed E-state index contributed by atoms with van der Waals surface area (Å²) < 4.78 is 38.9. The molecule has 30 heavy (non-hydrogen) atoms. The van der Waals surface area contributed by atoms with E-state index in [1.165, 1.54) is 32.4 Å². The fourth-order valence-corrected chi connectivity index (χ4v) is 5.03. The van der Waals surface area contributed by atoms with Crippen molar-refractivity contribution < 1.29 is 23.0 Å². The van der Waals surface area contributed by atoms with Crippen LogP contribution < -0.4 is 9.47 Å². The molecule has 154 valence electrons. The minimum atomic E-state index is -4.13. The number of rotatable bonds is 5. The third-order valence-electron chi connectivity index (χ3n) is 5.01. The first kappa shape index (κ1) is 20.0. The molecule has 0 saturated carbocycles. The normalized spacial score (nSPS) is 15.9. The molecule has 0 aliphatic carbocycles. The summed E-state index contributed by atoms with van der Waals surface area (Å²) in [6.45, 7) is 0. The smallest absolute Gasteiger partial charge is 0.266 e. The van der Waals surface area contributed by atoms with Gasteiger partial charge in [-0.05, 0) is 29.3 Å². The Morgan fingerprint density at radius 1 is 0.867 bits per heavy atom. The number of nitrogens with zero attached hydrogens (tertiary/aromatic N) is 1. The lowest BCUT2D eigenvalue weighted by Gasteiger charge is -2.35. The number of methoxy groups -OCH3 is 2. The van der Waals surface area contributed by atoms with Crippen molar-refractivity contribution in [2.24, 2.45) is 0 Å². The Morgan fingerprint density at radius 3 is 2.23 bits per heavy atom. The highest BCUT2D eigenvalue weighted by atomic mass is 32.2. The number of ether oxygens (including phenoxy) is 2. The number of aliphatic hydroxyl groups is 1. The van der Waals surface area contributed by atoms with Crippen LogP contribution in [0, 0.1) is 0 Å². The zero-order valence-electron chi connectivity index (χ0n) is 16.5. The van der Waals surface area contributed by atoms with Gasteiger partial charge < -0.3 is 14.6 Å². The molecule has 0 bridgehead atoms. The highest BCUT2D eigenvalue weighted by Crippen LogP contribution is 2.42. The largest absolute Gasteiger partial charge is 0.493 e. The lowest BCUT2D eigenvalue weighted by atomic mass is 9.98. The molecule has 6 nitrogen and oxygen atoms in total. The number of benzene rings is 3. The molecule has 4 rings (SSSR count). The second-order valence-electron chi connectivity index (χ2n) is 6.72. The van der Waals surface area contributed by atoms with Gasteiger partial charge in [-0.3, -0.25) is 0 Å². The Kier molecular flexibility index (Phi) is 5.24. The fourth-order valence-electron chi connectivity index (χ4n) is 3.52. The van der Waals surface area contributed by atoms with E-state index < -0.39 is 16.3 Å². The lowest BCUT2D eigenvalue weighted by Crippen LogP contribution is -2.35. The average Bonchev–Trinajstić information content (AvgIpc) is 2.78. The molecule has 1 aliphatic heterocycles. The molecule has 7 heteroatoms. The van der Waals surface area contributed by atoms with E-state index in [4.69, 9.17) is 9.47 Å². The molecule has 1 atom stereocenters. The van der Waals surface area contributed by atoms with Crippen molar-refractivity contribution in [2.75, 3.05) is 14.2 Å². The van der Waals surface area contributed by atoms with Gasteiger partial charge in [0, 0.05) is 11.6 Å². The molecule has 0 spiro atoms. The van der Waals surface area contributed by atoms with Crippen LogP contribution in [0.25, 0.3) is 11.8 Å². The van der Waals surface area contributed by atoms with Crippen LogP contribution in [-0.2, 0) is 10.0 Å². The predicted octanol–water partition coefficient (Wildman–Crippen LogP) is 3.90. The van der Waals surface area contributed by atoms with Crippen LogP contribution >= 0.6 is 0 Å². The van der Waals surface area contributed by atoms with E-state index in [0.717, 1.165) is 9.87 Å². The van der Waals surface area contributed by atoms with E-state index in [1.54, 1.807) is 18.2 Å². The SMILES string of the molecule is COc1ccc(S(=O)(=O)N2C(c3ccccc3)=Cc3ccccc3C2O)cc1OC. The summed E-state index contributed by atoms with van der Waals surface area (Å²) in [5.41, 5.74) is 2.34. The van der Waals surface area contributed by atoms with Gasteiger partial charge in [-0.25, -0.2) is 12.7 Å². The summed E-state index contributed by atoms with van der Waals surface area (Å²) in [5.74, 6) is 0.704. The van der Waals surface area contributed by atoms with Crippen LogP contribution in [0.3, 0.4) is 0 Å². The summed E-state index contributed by atoms with van der Waals surface area (Å²) in [4.78, 5) is -0.0135. The maximum atomic E-state index is 13.7. The van der Waals surface area contributed by atoms with E-state index in [-0.39, 0.29) is 10.6 Å². The van der Waals surface area contributed by atoms with Gasteiger partial charge in [0.15, 0.2) is 17.7 Å². The molecule has 1 N–H and O–H groups in total. The van der Waals surface area contributed by atoms with Crippen LogP contribution in [0.4, 0.5) is 0 Å². The minimum absolute atomic E-state index is 0.0135. The number of aliphatic hydroxyl groups excluding tert-OH is 1. The summed E-state index contributed by atoms with van der Waals surface area (Å²) >= 11 is 0.